The molecule has 0 aliphatic rings. The lowest BCUT2D eigenvalue weighted by atomic mass is 10.1. The Hall–Kier alpha value is -2.24. The van der Waals surface area contributed by atoms with Gasteiger partial charge in [0.1, 0.15) is 18.0 Å². The largest absolute Gasteiger partial charge is 0.465 e. The minimum Gasteiger partial charge on any atom is -0.465 e. The van der Waals surface area contributed by atoms with E-state index in [1.165, 1.54) is 25.6 Å². The summed E-state index contributed by atoms with van der Waals surface area (Å²) in [5, 5.41) is 7.84. The highest BCUT2D eigenvalue weighted by Crippen LogP contribution is 2.21. The van der Waals surface area contributed by atoms with E-state index in [2.05, 4.69) is 14.9 Å². The van der Waals surface area contributed by atoms with Gasteiger partial charge in [0.05, 0.1) is 18.4 Å². The molecule has 0 unspecified atom stereocenters. The van der Waals surface area contributed by atoms with Crippen LogP contribution in [0.1, 0.15) is 35.9 Å². The fraction of sp³-hybridized carbons (Fsp3) is 0.308. The van der Waals surface area contributed by atoms with Gasteiger partial charge in [-0.1, -0.05) is 13.8 Å². The summed E-state index contributed by atoms with van der Waals surface area (Å²) in [4.78, 5) is 11.7. The standard InChI is InChI=1S/C13H14FN3O2/c1-8(2)12-16-15-7-17(12)11-5-4-9(14)6-10(11)13(18)19-3/h4-8H,1-3H3. The van der Waals surface area contributed by atoms with Gasteiger partial charge in [-0.05, 0) is 18.2 Å². The first kappa shape index (κ1) is 13.2. The van der Waals surface area contributed by atoms with Gasteiger partial charge in [-0.15, -0.1) is 10.2 Å². The van der Waals surface area contributed by atoms with E-state index in [-0.39, 0.29) is 11.5 Å². The fourth-order valence-corrected chi connectivity index (χ4v) is 1.81. The first-order valence-corrected chi connectivity index (χ1v) is 5.82. The third kappa shape index (κ3) is 2.47. The number of aromatic nitrogens is 3. The maximum absolute atomic E-state index is 13.3. The van der Waals surface area contributed by atoms with Crippen molar-refractivity contribution in [1.29, 1.82) is 0 Å². The van der Waals surface area contributed by atoms with Crippen LogP contribution >= 0.6 is 0 Å². The Kier molecular flexibility index (Phi) is 3.59. The molecule has 0 atom stereocenters. The van der Waals surface area contributed by atoms with Gasteiger partial charge in [0.25, 0.3) is 0 Å². The van der Waals surface area contributed by atoms with Gasteiger partial charge in [-0.3, -0.25) is 4.57 Å². The van der Waals surface area contributed by atoms with Crippen LogP contribution in [-0.2, 0) is 4.74 Å². The molecule has 0 bridgehead atoms. The van der Waals surface area contributed by atoms with E-state index in [0.29, 0.717) is 11.5 Å². The first-order valence-electron chi connectivity index (χ1n) is 5.82. The minimum absolute atomic E-state index is 0.123. The average molecular weight is 263 g/mol. The summed E-state index contributed by atoms with van der Waals surface area (Å²) < 4.78 is 19.6. The maximum atomic E-state index is 13.3. The molecule has 0 radical (unpaired) electrons. The van der Waals surface area contributed by atoms with Crippen molar-refractivity contribution >= 4 is 5.97 Å². The third-order valence-electron chi connectivity index (χ3n) is 2.71. The molecule has 19 heavy (non-hydrogen) atoms. The second-order valence-electron chi connectivity index (χ2n) is 4.37. The van der Waals surface area contributed by atoms with Crippen molar-refractivity contribution in [2.24, 2.45) is 0 Å². The van der Waals surface area contributed by atoms with Crippen molar-refractivity contribution < 1.29 is 13.9 Å². The zero-order valence-electron chi connectivity index (χ0n) is 10.9. The Labute approximate surface area is 110 Å². The van der Waals surface area contributed by atoms with Crippen molar-refractivity contribution in [1.82, 2.24) is 14.8 Å². The quantitative estimate of drug-likeness (QED) is 0.797. The minimum atomic E-state index is -0.599. The fourth-order valence-electron chi connectivity index (χ4n) is 1.81. The van der Waals surface area contributed by atoms with Crippen molar-refractivity contribution in [2.45, 2.75) is 19.8 Å². The molecule has 2 rings (SSSR count). The number of benzene rings is 1. The van der Waals surface area contributed by atoms with Crippen LogP contribution in [0.15, 0.2) is 24.5 Å². The van der Waals surface area contributed by atoms with Crippen LogP contribution in [0.5, 0.6) is 0 Å². The van der Waals surface area contributed by atoms with Gasteiger partial charge in [-0.2, -0.15) is 0 Å². The van der Waals surface area contributed by atoms with Gasteiger partial charge in [0, 0.05) is 5.92 Å². The molecule has 2 aromatic rings. The Bertz CT molecular complexity index is 608. The summed E-state index contributed by atoms with van der Waals surface area (Å²) in [6.07, 6.45) is 1.50. The van der Waals surface area contributed by atoms with E-state index in [0.717, 1.165) is 6.07 Å². The molecule has 0 aliphatic heterocycles. The number of rotatable bonds is 3. The molecule has 0 saturated heterocycles. The molecule has 0 spiro atoms. The van der Waals surface area contributed by atoms with Crippen molar-refractivity contribution in [2.75, 3.05) is 7.11 Å². The summed E-state index contributed by atoms with van der Waals surface area (Å²) in [7, 11) is 1.26. The highest BCUT2D eigenvalue weighted by molar-refractivity contribution is 5.93. The maximum Gasteiger partial charge on any atom is 0.340 e. The number of carbonyl (C=O) groups is 1. The second-order valence-corrected chi connectivity index (χ2v) is 4.37. The average Bonchev–Trinajstić information content (AvgIpc) is 2.87. The van der Waals surface area contributed by atoms with E-state index in [9.17, 15) is 9.18 Å². The van der Waals surface area contributed by atoms with Gasteiger partial charge in [-0.25, -0.2) is 9.18 Å². The van der Waals surface area contributed by atoms with E-state index in [4.69, 9.17) is 0 Å². The van der Waals surface area contributed by atoms with E-state index < -0.39 is 11.8 Å². The zero-order chi connectivity index (χ0) is 14.0. The van der Waals surface area contributed by atoms with Crippen molar-refractivity contribution in [3.8, 4) is 5.69 Å². The molecule has 100 valence electrons. The normalized spacial score (nSPS) is 10.8. The Morgan fingerprint density at radius 3 is 2.79 bits per heavy atom. The SMILES string of the molecule is COC(=O)c1cc(F)ccc1-n1cnnc1C(C)C. The van der Waals surface area contributed by atoms with E-state index >= 15 is 0 Å². The van der Waals surface area contributed by atoms with Crippen LogP contribution in [0.2, 0.25) is 0 Å². The van der Waals surface area contributed by atoms with Gasteiger partial charge in [0.15, 0.2) is 0 Å². The smallest absolute Gasteiger partial charge is 0.340 e. The van der Waals surface area contributed by atoms with Crippen LogP contribution in [0.4, 0.5) is 4.39 Å². The topological polar surface area (TPSA) is 57.0 Å². The summed E-state index contributed by atoms with van der Waals surface area (Å²) in [6, 6.07) is 3.94. The highest BCUT2D eigenvalue weighted by Gasteiger charge is 2.18. The Morgan fingerprint density at radius 1 is 1.42 bits per heavy atom. The summed E-state index contributed by atoms with van der Waals surface area (Å²) in [5.74, 6) is -0.281. The molecular formula is C13H14FN3O2. The summed E-state index contributed by atoms with van der Waals surface area (Å²) in [5.41, 5.74) is 0.645. The number of hydrogen-bond donors (Lipinski definition) is 0. The predicted molar refractivity (Wildman–Crippen MR) is 66.7 cm³/mol. The molecule has 6 heteroatoms. The molecule has 0 aliphatic carbocycles. The Morgan fingerprint density at radius 2 is 2.16 bits per heavy atom. The van der Waals surface area contributed by atoms with Crippen molar-refractivity contribution in [3.63, 3.8) is 0 Å². The van der Waals surface area contributed by atoms with Crippen LogP contribution in [-0.4, -0.2) is 27.8 Å². The lowest BCUT2D eigenvalue weighted by Crippen LogP contribution is -2.10. The van der Waals surface area contributed by atoms with Gasteiger partial charge >= 0.3 is 5.97 Å². The van der Waals surface area contributed by atoms with Gasteiger partial charge < -0.3 is 4.74 Å². The number of methoxy groups -OCH3 is 1. The number of hydrogen-bond acceptors (Lipinski definition) is 4. The van der Waals surface area contributed by atoms with Crippen LogP contribution in [0, 0.1) is 5.82 Å². The monoisotopic (exact) mass is 263 g/mol. The molecule has 1 aromatic heterocycles. The van der Waals surface area contributed by atoms with Gasteiger partial charge in [0.2, 0.25) is 0 Å². The third-order valence-corrected chi connectivity index (χ3v) is 2.71. The lowest BCUT2D eigenvalue weighted by Gasteiger charge is -2.12. The molecule has 0 amide bonds. The van der Waals surface area contributed by atoms with Crippen LogP contribution in [0.25, 0.3) is 5.69 Å². The summed E-state index contributed by atoms with van der Waals surface area (Å²) >= 11 is 0. The molecule has 0 fully saturated rings. The number of nitrogens with zero attached hydrogens (tertiary/aromatic N) is 3. The Balaban J connectivity index is 2.61. The lowest BCUT2D eigenvalue weighted by molar-refractivity contribution is 0.0600. The summed E-state index contributed by atoms with van der Waals surface area (Å²) in [6.45, 7) is 3.92. The van der Waals surface area contributed by atoms with E-state index in [1.807, 2.05) is 13.8 Å². The molecule has 5 nitrogen and oxygen atoms in total. The number of halogens is 1. The molecule has 0 saturated carbocycles. The number of ether oxygens (including phenoxy) is 1. The highest BCUT2D eigenvalue weighted by atomic mass is 19.1. The zero-order valence-corrected chi connectivity index (χ0v) is 10.9. The van der Waals surface area contributed by atoms with E-state index in [1.54, 1.807) is 4.57 Å². The second kappa shape index (κ2) is 5.17. The van der Waals surface area contributed by atoms with Crippen LogP contribution < -0.4 is 0 Å². The van der Waals surface area contributed by atoms with Crippen molar-refractivity contribution in [3.05, 3.63) is 41.7 Å². The molecule has 0 N–H and O–H groups in total. The molecular weight excluding hydrogens is 249 g/mol. The number of esters is 1. The molecule has 1 heterocycles. The number of carbonyl (C=O) groups excluding carboxylic acids is 1. The first-order chi connectivity index (χ1) is 9.04. The predicted octanol–water partition coefficient (Wildman–Crippen LogP) is 2.32. The van der Waals surface area contributed by atoms with Crippen LogP contribution in [0.3, 0.4) is 0 Å². The molecule has 1 aromatic carbocycles.